The number of hydrogen-bond acceptors (Lipinski definition) is 8. The molecule has 1 fully saturated rings. The minimum Gasteiger partial charge on any atom is -0.494 e. The summed E-state index contributed by atoms with van der Waals surface area (Å²) in [7, 11) is 0. The summed E-state index contributed by atoms with van der Waals surface area (Å²) in [6.07, 6.45) is -3.88. The SMILES string of the molecule is CCOc1ccc(Cc2cc(C3OC(C=NCNCCO)C(O)C(O)C3O)ccc2Cl)cc1. The van der Waals surface area contributed by atoms with Gasteiger partial charge < -0.3 is 29.9 Å². The maximum atomic E-state index is 10.6. The first-order chi connectivity index (χ1) is 15.9. The lowest BCUT2D eigenvalue weighted by molar-refractivity contribution is -0.205. The molecule has 0 amide bonds. The molecule has 5 unspecified atom stereocenters. The van der Waals surface area contributed by atoms with Crippen molar-refractivity contribution in [2.75, 3.05) is 26.4 Å². The number of hydrogen-bond donors (Lipinski definition) is 5. The van der Waals surface area contributed by atoms with Gasteiger partial charge in [0.25, 0.3) is 0 Å². The van der Waals surface area contributed by atoms with E-state index in [-0.39, 0.29) is 13.3 Å². The number of aliphatic imine (C=N–C) groups is 1. The molecule has 5 atom stereocenters. The molecule has 2 aromatic carbocycles. The molecule has 9 heteroatoms. The molecule has 0 saturated carbocycles. The van der Waals surface area contributed by atoms with Crippen LogP contribution in [0.25, 0.3) is 0 Å². The van der Waals surface area contributed by atoms with Gasteiger partial charge in [-0.2, -0.15) is 0 Å². The van der Waals surface area contributed by atoms with Crippen molar-refractivity contribution in [3.05, 3.63) is 64.2 Å². The number of aliphatic hydroxyl groups excluding tert-OH is 4. The number of benzene rings is 2. The van der Waals surface area contributed by atoms with Crippen LogP contribution in [0.1, 0.15) is 29.7 Å². The van der Waals surface area contributed by atoms with Crippen molar-refractivity contribution in [2.45, 2.75) is 43.9 Å². The second-order valence-corrected chi connectivity index (χ2v) is 8.22. The third kappa shape index (κ3) is 6.74. The Bertz CT molecular complexity index is 910. The molecule has 0 aromatic heterocycles. The summed E-state index contributed by atoms with van der Waals surface area (Å²) >= 11 is 6.43. The van der Waals surface area contributed by atoms with Crippen LogP contribution in [-0.4, -0.2) is 77.5 Å². The highest BCUT2D eigenvalue weighted by molar-refractivity contribution is 6.31. The van der Waals surface area contributed by atoms with Gasteiger partial charge in [-0.1, -0.05) is 35.9 Å². The molecule has 2 aromatic rings. The molecule has 180 valence electrons. The van der Waals surface area contributed by atoms with Crippen LogP contribution in [-0.2, 0) is 11.2 Å². The summed E-state index contributed by atoms with van der Waals surface area (Å²) < 4.78 is 11.4. The van der Waals surface area contributed by atoms with Crippen LogP contribution in [0, 0.1) is 0 Å². The average Bonchev–Trinajstić information content (AvgIpc) is 2.82. The Labute approximate surface area is 198 Å². The molecule has 0 spiro atoms. The molecule has 3 rings (SSSR count). The molecule has 5 N–H and O–H groups in total. The van der Waals surface area contributed by atoms with E-state index in [0.717, 1.165) is 16.9 Å². The number of nitrogens with one attached hydrogen (secondary N) is 1. The fourth-order valence-electron chi connectivity index (χ4n) is 3.68. The number of aliphatic hydroxyl groups is 4. The van der Waals surface area contributed by atoms with Gasteiger partial charge >= 0.3 is 0 Å². The highest BCUT2D eigenvalue weighted by Gasteiger charge is 2.43. The Morgan fingerprint density at radius 2 is 1.85 bits per heavy atom. The maximum absolute atomic E-state index is 10.6. The first-order valence-corrected chi connectivity index (χ1v) is 11.3. The standard InChI is InChI=1S/C24H31ClN2O6/c1-2-32-18-6-3-15(4-7-18)11-17-12-16(5-8-19(17)25)24-23(31)22(30)21(29)20(33-24)13-27-14-26-9-10-28/h3-8,12-13,20-24,26,28-31H,2,9-11,14H2,1H3. The molecule has 0 aliphatic carbocycles. The Morgan fingerprint density at radius 1 is 1.09 bits per heavy atom. The van der Waals surface area contributed by atoms with Crippen LogP contribution >= 0.6 is 11.6 Å². The quantitative estimate of drug-likeness (QED) is 0.259. The van der Waals surface area contributed by atoms with Crippen LogP contribution in [0.4, 0.5) is 0 Å². The summed E-state index contributed by atoms with van der Waals surface area (Å²) in [6.45, 7) is 3.13. The average molecular weight is 479 g/mol. The molecule has 0 bridgehead atoms. The minimum atomic E-state index is -1.41. The third-order valence-electron chi connectivity index (χ3n) is 5.42. The number of rotatable bonds is 10. The predicted molar refractivity (Wildman–Crippen MR) is 126 cm³/mol. The number of halogens is 1. The van der Waals surface area contributed by atoms with E-state index >= 15 is 0 Å². The fraction of sp³-hybridized carbons (Fsp3) is 0.458. The van der Waals surface area contributed by atoms with Crippen molar-refractivity contribution in [2.24, 2.45) is 4.99 Å². The Kier molecular flexibility index (Phi) is 9.64. The zero-order chi connectivity index (χ0) is 23.8. The van der Waals surface area contributed by atoms with Gasteiger partial charge in [0.15, 0.2) is 0 Å². The van der Waals surface area contributed by atoms with Gasteiger partial charge in [-0.05, 0) is 48.2 Å². The summed E-state index contributed by atoms with van der Waals surface area (Å²) in [5.41, 5.74) is 2.52. The summed E-state index contributed by atoms with van der Waals surface area (Å²) in [4.78, 5) is 4.12. The van der Waals surface area contributed by atoms with E-state index in [9.17, 15) is 15.3 Å². The molecule has 1 saturated heterocycles. The van der Waals surface area contributed by atoms with Gasteiger partial charge in [0.05, 0.1) is 19.9 Å². The van der Waals surface area contributed by atoms with Crippen molar-refractivity contribution in [1.29, 1.82) is 0 Å². The van der Waals surface area contributed by atoms with Crippen molar-refractivity contribution < 1.29 is 29.9 Å². The van der Waals surface area contributed by atoms with Crippen LogP contribution in [0.5, 0.6) is 5.75 Å². The molecule has 1 aliphatic rings. The van der Waals surface area contributed by atoms with Gasteiger partial charge in [-0.15, -0.1) is 0 Å². The smallest absolute Gasteiger partial charge is 0.122 e. The third-order valence-corrected chi connectivity index (χ3v) is 5.79. The summed E-state index contributed by atoms with van der Waals surface area (Å²) in [5.74, 6) is 0.798. The lowest BCUT2D eigenvalue weighted by Crippen LogP contribution is -2.54. The van der Waals surface area contributed by atoms with Crippen LogP contribution in [0.3, 0.4) is 0 Å². The van der Waals surface area contributed by atoms with Gasteiger partial charge in [0.2, 0.25) is 0 Å². The normalized spacial score (nSPS) is 25.5. The zero-order valence-electron chi connectivity index (χ0n) is 18.5. The Morgan fingerprint density at radius 3 is 2.55 bits per heavy atom. The molecule has 1 heterocycles. The topological polar surface area (TPSA) is 124 Å². The highest BCUT2D eigenvalue weighted by atomic mass is 35.5. The largest absolute Gasteiger partial charge is 0.494 e. The molecule has 0 radical (unpaired) electrons. The van der Waals surface area contributed by atoms with E-state index in [1.807, 2.05) is 37.3 Å². The van der Waals surface area contributed by atoms with Crippen molar-refractivity contribution in [3.8, 4) is 5.75 Å². The van der Waals surface area contributed by atoms with E-state index in [4.69, 9.17) is 26.2 Å². The molecule has 1 aliphatic heterocycles. The lowest BCUT2D eigenvalue weighted by Gasteiger charge is -2.39. The Balaban J connectivity index is 1.76. The highest BCUT2D eigenvalue weighted by Crippen LogP contribution is 2.34. The van der Waals surface area contributed by atoms with Crippen molar-refractivity contribution in [1.82, 2.24) is 5.32 Å². The minimum absolute atomic E-state index is 0.0133. The Hall–Kier alpha value is -2.04. The van der Waals surface area contributed by atoms with E-state index < -0.39 is 30.5 Å². The van der Waals surface area contributed by atoms with Gasteiger partial charge in [0.1, 0.15) is 36.3 Å². The van der Waals surface area contributed by atoms with Crippen molar-refractivity contribution >= 4 is 17.8 Å². The van der Waals surface area contributed by atoms with Crippen LogP contribution in [0.2, 0.25) is 5.02 Å². The first kappa shape index (κ1) is 25.6. The van der Waals surface area contributed by atoms with Crippen LogP contribution in [0.15, 0.2) is 47.5 Å². The van der Waals surface area contributed by atoms with E-state index in [0.29, 0.717) is 30.2 Å². The summed E-state index contributed by atoms with van der Waals surface area (Å²) in [5, 5.41) is 43.5. The maximum Gasteiger partial charge on any atom is 0.122 e. The lowest BCUT2D eigenvalue weighted by atomic mass is 9.90. The predicted octanol–water partition coefficient (Wildman–Crippen LogP) is 1.46. The molecular weight excluding hydrogens is 448 g/mol. The van der Waals surface area contributed by atoms with E-state index in [1.165, 1.54) is 6.21 Å². The second kappa shape index (κ2) is 12.4. The molecular formula is C24H31ClN2O6. The number of ether oxygens (including phenoxy) is 2. The molecule has 33 heavy (non-hydrogen) atoms. The monoisotopic (exact) mass is 478 g/mol. The zero-order valence-corrected chi connectivity index (χ0v) is 19.2. The van der Waals surface area contributed by atoms with Crippen molar-refractivity contribution in [3.63, 3.8) is 0 Å². The molecule has 8 nitrogen and oxygen atoms in total. The summed E-state index contributed by atoms with van der Waals surface area (Å²) in [6, 6.07) is 13.1. The van der Waals surface area contributed by atoms with Gasteiger partial charge in [0, 0.05) is 17.8 Å². The van der Waals surface area contributed by atoms with E-state index in [1.54, 1.807) is 12.1 Å². The van der Waals surface area contributed by atoms with E-state index in [2.05, 4.69) is 10.3 Å². The van der Waals surface area contributed by atoms with Gasteiger partial charge in [-0.3, -0.25) is 10.3 Å². The number of nitrogens with zero attached hydrogens (tertiary/aromatic N) is 1. The second-order valence-electron chi connectivity index (χ2n) is 7.81. The van der Waals surface area contributed by atoms with Crippen LogP contribution < -0.4 is 10.1 Å². The van der Waals surface area contributed by atoms with Gasteiger partial charge in [-0.25, -0.2) is 0 Å². The fourth-order valence-corrected chi connectivity index (χ4v) is 3.87. The first-order valence-electron chi connectivity index (χ1n) is 11.0.